The van der Waals surface area contributed by atoms with Gasteiger partial charge in [0.1, 0.15) is 0 Å². The fourth-order valence-electron chi connectivity index (χ4n) is 4.29. The largest absolute Gasteiger partial charge is 0.342 e. The Hall–Kier alpha value is -3.66. The number of aromatic nitrogens is 2. The summed E-state index contributed by atoms with van der Waals surface area (Å²) in [6, 6.07) is 23.7. The topological polar surface area (TPSA) is 48.2 Å². The summed E-state index contributed by atoms with van der Waals surface area (Å²) < 4.78 is 2.44. The third-order valence-electron chi connectivity index (χ3n) is 5.38. The molecule has 0 saturated carbocycles. The van der Waals surface area contributed by atoms with Gasteiger partial charge in [-0.15, -0.1) is 0 Å². The van der Waals surface area contributed by atoms with E-state index in [1.54, 1.807) is 0 Å². The molecule has 4 nitrogen and oxygen atoms in total. The van der Waals surface area contributed by atoms with Crippen LogP contribution >= 0.6 is 0 Å². The Balaban J connectivity index is 1.92. The van der Waals surface area contributed by atoms with Crippen LogP contribution in [-0.2, 0) is 0 Å². The van der Waals surface area contributed by atoms with E-state index >= 15 is 0 Å². The number of hydrogen-bond donors (Lipinski definition) is 2. The van der Waals surface area contributed by atoms with Crippen LogP contribution in [0.2, 0.25) is 0 Å². The van der Waals surface area contributed by atoms with E-state index in [1.165, 1.54) is 9.46 Å². The highest BCUT2D eigenvalue weighted by atomic mass is 16.5. The van der Waals surface area contributed by atoms with Gasteiger partial charge < -0.3 is 0 Å². The predicted molar refractivity (Wildman–Crippen MR) is 98.1 cm³/mol. The summed E-state index contributed by atoms with van der Waals surface area (Å²) in [7, 11) is 0. The van der Waals surface area contributed by atoms with E-state index in [2.05, 4.69) is 0 Å². The predicted octanol–water partition coefficient (Wildman–Crippen LogP) is 3.84. The molecule has 0 unspecified atom stereocenters. The molecule has 0 aliphatic heterocycles. The molecule has 1 aliphatic rings. The van der Waals surface area contributed by atoms with Gasteiger partial charge in [0.25, 0.3) is 0 Å². The summed E-state index contributed by atoms with van der Waals surface area (Å²) in [6.45, 7) is 0. The molecule has 0 radical (unpaired) electrons. The van der Waals surface area contributed by atoms with E-state index in [1.807, 2.05) is 72.8 Å². The zero-order valence-corrected chi connectivity index (χ0v) is 13.7. The summed E-state index contributed by atoms with van der Waals surface area (Å²) in [5, 5.41) is 26.3. The molecule has 26 heavy (non-hydrogen) atoms. The van der Waals surface area contributed by atoms with Gasteiger partial charge in [0, 0.05) is 20.9 Å². The molecular weight excluding hydrogens is 324 g/mol. The molecule has 0 fully saturated rings. The van der Waals surface area contributed by atoms with Crippen LogP contribution in [0.3, 0.4) is 0 Å². The second kappa shape index (κ2) is 4.49. The summed E-state index contributed by atoms with van der Waals surface area (Å²) in [6.07, 6.45) is 0. The van der Waals surface area contributed by atoms with Gasteiger partial charge in [-0.3, -0.25) is 10.4 Å². The molecule has 6 rings (SSSR count). The Labute approximate surface area is 148 Å². The monoisotopic (exact) mass is 338 g/mol. The third kappa shape index (κ3) is 1.45. The third-order valence-corrected chi connectivity index (χ3v) is 5.38. The Morgan fingerprint density at radius 1 is 0.577 bits per heavy atom. The van der Waals surface area contributed by atoms with Gasteiger partial charge in [-0.25, -0.2) is 0 Å². The molecule has 5 aromatic rings. The fourth-order valence-corrected chi connectivity index (χ4v) is 4.29. The maximum Gasteiger partial charge on any atom is 0.342 e. The normalized spacial score (nSPS) is 12.2. The Morgan fingerprint density at radius 3 is 2.00 bits per heavy atom. The number of fused-ring (bicyclic) bond motifs is 6. The van der Waals surface area contributed by atoms with E-state index in [0.29, 0.717) is 22.4 Å². The van der Waals surface area contributed by atoms with Crippen molar-refractivity contribution < 1.29 is 19.9 Å². The van der Waals surface area contributed by atoms with Crippen molar-refractivity contribution in [3.05, 3.63) is 72.8 Å². The molecule has 0 amide bonds. The number of hydrogen-bond acceptors (Lipinski definition) is 2. The first-order valence-electron chi connectivity index (χ1n) is 8.52. The summed E-state index contributed by atoms with van der Waals surface area (Å²) in [4.78, 5) is 0. The van der Waals surface area contributed by atoms with Gasteiger partial charge in [0.2, 0.25) is 0 Å². The van der Waals surface area contributed by atoms with Crippen LogP contribution in [-0.4, -0.2) is 10.4 Å². The quantitative estimate of drug-likeness (QED) is 0.251. The lowest BCUT2D eigenvalue weighted by atomic mass is 10.0. The fraction of sp³-hybridized carbons (Fsp3) is 0. The van der Waals surface area contributed by atoms with Gasteiger partial charge in [0.15, 0.2) is 0 Å². The zero-order chi connectivity index (χ0) is 17.4. The highest BCUT2D eigenvalue weighted by Gasteiger charge is 2.43. The van der Waals surface area contributed by atoms with E-state index in [4.69, 9.17) is 0 Å². The summed E-state index contributed by atoms with van der Waals surface area (Å²) in [5.74, 6) is 0. The second-order valence-corrected chi connectivity index (χ2v) is 6.68. The molecule has 1 aliphatic carbocycles. The Kier molecular flexibility index (Phi) is 2.35. The van der Waals surface area contributed by atoms with Gasteiger partial charge in [-0.1, -0.05) is 42.5 Å². The van der Waals surface area contributed by atoms with Crippen molar-refractivity contribution in [2.24, 2.45) is 0 Å². The van der Waals surface area contributed by atoms with Crippen LogP contribution in [0, 0.1) is 0 Å². The number of rotatable bonds is 0. The lowest BCUT2D eigenvalue weighted by Gasteiger charge is -2.01. The highest BCUT2D eigenvalue weighted by Crippen LogP contribution is 2.44. The van der Waals surface area contributed by atoms with Crippen molar-refractivity contribution in [3.8, 4) is 22.5 Å². The number of nitrogens with zero attached hydrogens (tertiary/aromatic N) is 2. The highest BCUT2D eigenvalue weighted by molar-refractivity contribution is 6.12. The van der Waals surface area contributed by atoms with E-state index in [-0.39, 0.29) is 0 Å². The van der Waals surface area contributed by atoms with Crippen molar-refractivity contribution in [1.29, 1.82) is 0 Å². The standard InChI is InChI=1S/C22H14N2O2/c25-23-18-12-11-13-5-1-2-8-15(13)20(18)24(26)22-17-10-4-7-14-6-3-9-16(19(14)17)21(22)23/h1-12,25-26H/q+2. The van der Waals surface area contributed by atoms with Crippen LogP contribution in [0.4, 0.5) is 0 Å². The van der Waals surface area contributed by atoms with E-state index < -0.39 is 0 Å². The minimum atomic E-state index is 0.565. The molecule has 4 heteroatoms. The molecular formula is C22H14N2O2+2. The Bertz CT molecular complexity index is 1400. The molecule has 0 spiro atoms. The minimum absolute atomic E-state index is 0.565. The van der Waals surface area contributed by atoms with Gasteiger partial charge in [0.05, 0.1) is 16.5 Å². The van der Waals surface area contributed by atoms with Crippen molar-refractivity contribution in [2.45, 2.75) is 0 Å². The molecule has 2 N–H and O–H groups in total. The van der Waals surface area contributed by atoms with Crippen molar-refractivity contribution in [2.75, 3.05) is 0 Å². The van der Waals surface area contributed by atoms with Gasteiger partial charge in [-0.2, -0.15) is 0 Å². The average Bonchev–Trinajstić information content (AvgIpc) is 3.02. The minimum Gasteiger partial charge on any atom is -0.283 e. The van der Waals surface area contributed by atoms with Gasteiger partial charge >= 0.3 is 22.4 Å². The van der Waals surface area contributed by atoms with Crippen molar-refractivity contribution >= 4 is 32.6 Å². The van der Waals surface area contributed by atoms with E-state index in [0.717, 1.165) is 32.7 Å². The van der Waals surface area contributed by atoms with Crippen molar-refractivity contribution in [3.63, 3.8) is 0 Å². The zero-order valence-electron chi connectivity index (χ0n) is 13.7. The first kappa shape index (κ1) is 13.6. The lowest BCUT2D eigenvalue weighted by Crippen LogP contribution is -2.44. The molecule has 122 valence electrons. The lowest BCUT2D eigenvalue weighted by molar-refractivity contribution is -0.908. The molecule has 1 heterocycles. The molecule has 1 aromatic heterocycles. The SMILES string of the molecule is O[n+]1c2c([n+](O)c3c4ccccc4ccc31)-c1cccc3cccc-2c13. The molecule has 4 aromatic carbocycles. The maximum atomic E-state index is 11.2. The smallest absolute Gasteiger partial charge is 0.283 e. The Morgan fingerprint density at radius 2 is 1.23 bits per heavy atom. The van der Waals surface area contributed by atoms with Crippen LogP contribution < -0.4 is 9.46 Å². The van der Waals surface area contributed by atoms with Crippen LogP contribution in [0.5, 0.6) is 0 Å². The second-order valence-electron chi connectivity index (χ2n) is 6.68. The van der Waals surface area contributed by atoms with Crippen LogP contribution in [0.15, 0.2) is 72.8 Å². The summed E-state index contributed by atoms with van der Waals surface area (Å²) in [5.41, 5.74) is 4.23. The first-order valence-corrected chi connectivity index (χ1v) is 8.52. The van der Waals surface area contributed by atoms with E-state index in [9.17, 15) is 10.4 Å². The summed E-state index contributed by atoms with van der Waals surface area (Å²) >= 11 is 0. The van der Waals surface area contributed by atoms with Crippen LogP contribution in [0.1, 0.15) is 0 Å². The molecule has 0 atom stereocenters. The maximum absolute atomic E-state index is 11.2. The number of benzene rings is 4. The van der Waals surface area contributed by atoms with Crippen molar-refractivity contribution in [1.82, 2.24) is 0 Å². The van der Waals surface area contributed by atoms with Crippen LogP contribution in [0.25, 0.3) is 55.1 Å². The van der Waals surface area contributed by atoms with Gasteiger partial charge in [-0.05, 0) is 35.0 Å². The average molecular weight is 338 g/mol. The molecule has 0 bridgehead atoms. The molecule has 0 saturated heterocycles. The first-order chi connectivity index (χ1) is 12.8.